The molecule has 0 aliphatic carbocycles. The maximum Gasteiger partial charge on any atom is 0.242 e. The second kappa shape index (κ2) is 6.81. The van der Waals surface area contributed by atoms with Crippen LogP contribution in [0.3, 0.4) is 0 Å². The summed E-state index contributed by atoms with van der Waals surface area (Å²) in [4.78, 5) is 7.44. The van der Waals surface area contributed by atoms with Gasteiger partial charge in [0.2, 0.25) is 10.9 Å². The number of thiol groups is 1. The van der Waals surface area contributed by atoms with E-state index in [4.69, 9.17) is 0 Å². The van der Waals surface area contributed by atoms with Crippen molar-refractivity contribution in [2.24, 2.45) is 4.40 Å². The maximum atomic E-state index is 9.18. The Morgan fingerprint density at radius 3 is 1.45 bits per heavy atom. The van der Waals surface area contributed by atoms with Crippen molar-refractivity contribution in [3.05, 3.63) is 24.8 Å². The highest BCUT2D eigenvalue weighted by Gasteiger charge is 1.59. The van der Waals surface area contributed by atoms with Crippen molar-refractivity contribution >= 4 is 17.6 Å². The molecular formula is C5H7N3O2S. The SMILES string of the molecule is C=N[SH](=O)=O.c1cnccn1. The Morgan fingerprint density at radius 1 is 1.09 bits per heavy atom. The summed E-state index contributed by atoms with van der Waals surface area (Å²) in [7, 11) is -2.58. The quantitative estimate of drug-likeness (QED) is 0.467. The van der Waals surface area contributed by atoms with Gasteiger partial charge in [-0.15, -0.1) is 0 Å². The molecule has 0 fully saturated rings. The van der Waals surface area contributed by atoms with E-state index < -0.39 is 10.9 Å². The fraction of sp³-hybridized carbons (Fsp3) is 0. The Hall–Kier alpha value is -1.30. The molecular weight excluding hydrogens is 166 g/mol. The van der Waals surface area contributed by atoms with Crippen molar-refractivity contribution < 1.29 is 8.42 Å². The smallest absolute Gasteiger partial charge is 0.242 e. The van der Waals surface area contributed by atoms with Gasteiger partial charge in [0.05, 0.1) is 0 Å². The Bertz CT molecular complexity index is 225. The van der Waals surface area contributed by atoms with E-state index in [2.05, 4.69) is 21.1 Å². The second-order valence-electron chi connectivity index (χ2n) is 1.27. The minimum atomic E-state index is -2.58. The summed E-state index contributed by atoms with van der Waals surface area (Å²) < 4.78 is 20.9. The molecule has 60 valence electrons. The third kappa shape index (κ3) is 8.70. The molecule has 0 aromatic carbocycles. The minimum Gasteiger partial charge on any atom is -0.262 e. The van der Waals surface area contributed by atoms with Crippen LogP contribution in [0.4, 0.5) is 0 Å². The highest BCUT2D eigenvalue weighted by molar-refractivity contribution is 7.71. The molecule has 6 heteroatoms. The topological polar surface area (TPSA) is 72.3 Å². The van der Waals surface area contributed by atoms with Crippen LogP contribution in [-0.2, 0) is 10.9 Å². The lowest BCUT2D eigenvalue weighted by Gasteiger charge is -1.70. The van der Waals surface area contributed by atoms with E-state index in [9.17, 15) is 8.42 Å². The van der Waals surface area contributed by atoms with Crippen LogP contribution < -0.4 is 0 Å². The van der Waals surface area contributed by atoms with Gasteiger partial charge in [-0.05, 0) is 0 Å². The molecule has 0 aliphatic heterocycles. The minimum absolute atomic E-state index is 1.64. The summed E-state index contributed by atoms with van der Waals surface area (Å²) in [6.45, 7) is 2.71. The molecule has 11 heavy (non-hydrogen) atoms. The molecule has 0 amide bonds. The highest BCUT2D eigenvalue weighted by atomic mass is 32.2. The molecule has 1 aromatic rings. The van der Waals surface area contributed by atoms with Gasteiger partial charge in [0.25, 0.3) is 0 Å². The second-order valence-corrected chi connectivity index (χ2v) is 2.03. The van der Waals surface area contributed by atoms with Crippen LogP contribution >= 0.6 is 0 Å². The molecule has 0 aliphatic rings. The molecule has 0 saturated heterocycles. The van der Waals surface area contributed by atoms with E-state index in [1.165, 1.54) is 0 Å². The van der Waals surface area contributed by atoms with E-state index in [0.717, 1.165) is 0 Å². The predicted molar refractivity (Wildman–Crippen MR) is 41.9 cm³/mol. The van der Waals surface area contributed by atoms with Gasteiger partial charge in [-0.2, -0.15) is 4.40 Å². The van der Waals surface area contributed by atoms with Gasteiger partial charge in [0.1, 0.15) is 0 Å². The summed E-state index contributed by atoms with van der Waals surface area (Å²) in [5, 5.41) is 0. The fourth-order valence-electron chi connectivity index (χ4n) is 0.253. The summed E-state index contributed by atoms with van der Waals surface area (Å²) in [6, 6.07) is 0. The summed E-state index contributed by atoms with van der Waals surface area (Å²) in [5.41, 5.74) is 0. The van der Waals surface area contributed by atoms with Gasteiger partial charge >= 0.3 is 0 Å². The number of aromatic nitrogens is 2. The zero-order valence-electron chi connectivity index (χ0n) is 5.62. The molecule has 1 rings (SSSR count). The normalized spacial score (nSPS) is 8.09. The van der Waals surface area contributed by atoms with Gasteiger partial charge in [-0.25, -0.2) is 8.42 Å². The molecule has 1 heterocycles. The van der Waals surface area contributed by atoms with Crippen molar-refractivity contribution in [3.8, 4) is 0 Å². The molecule has 0 unspecified atom stereocenters. The third-order valence-electron chi connectivity index (χ3n) is 0.593. The summed E-state index contributed by atoms with van der Waals surface area (Å²) in [5.74, 6) is 0. The van der Waals surface area contributed by atoms with Gasteiger partial charge < -0.3 is 0 Å². The first kappa shape index (κ1) is 9.70. The van der Waals surface area contributed by atoms with Crippen molar-refractivity contribution in [2.75, 3.05) is 0 Å². The first-order valence-electron chi connectivity index (χ1n) is 2.58. The van der Waals surface area contributed by atoms with Crippen LogP contribution in [0.25, 0.3) is 0 Å². The van der Waals surface area contributed by atoms with E-state index in [1.807, 2.05) is 0 Å². The number of hydrogen-bond acceptors (Lipinski definition) is 4. The molecule has 1 aromatic heterocycles. The number of nitrogens with zero attached hydrogens (tertiary/aromatic N) is 3. The van der Waals surface area contributed by atoms with Crippen molar-refractivity contribution in [2.45, 2.75) is 0 Å². The lowest BCUT2D eigenvalue weighted by Crippen LogP contribution is -1.66. The Morgan fingerprint density at radius 2 is 1.36 bits per heavy atom. The standard InChI is InChI=1S/C4H4N2.CH3NO2S/c1-2-6-4-3-5-1;1-2-5(3)4/h1-4H;5H,1H2. The predicted octanol–water partition coefficient (Wildman–Crippen LogP) is -0.310. The monoisotopic (exact) mass is 173 g/mol. The molecule has 0 radical (unpaired) electrons. The van der Waals surface area contributed by atoms with Crippen LogP contribution in [0.5, 0.6) is 0 Å². The Balaban J connectivity index is 0.000000187. The molecule has 0 spiro atoms. The Labute approximate surface area is 65.9 Å². The van der Waals surface area contributed by atoms with Crippen LogP contribution in [-0.4, -0.2) is 25.1 Å². The molecule has 0 atom stereocenters. The van der Waals surface area contributed by atoms with Crippen LogP contribution in [0, 0.1) is 0 Å². The molecule has 0 N–H and O–H groups in total. The van der Waals surface area contributed by atoms with Crippen molar-refractivity contribution in [3.63, 3.8) is 0 Å². The first-order chi connectivity index (χ1) is 5.27. The third-order valence-corrected chi connectivity index (χ3v) is 0.824. The van der Waals surface area contributed by atoms with Gasteiger partial charge in [0.15, 0.2) is 0 Å². The van der Waals surface area contributed by atoms with Crippen LogP contribution in [0.2, 0.25) is 0 Å². The van der Waals surface area contributed by atoms with Crippen LogP contribution in [0.15, 0.2) is 29.2 Å². The van der Waals surface area contributed by atoms with Crippen molar-refractivity contribution in [1.82, 2.24) is 9.97 Å². The molecule has 5 nitrogen and oxygen atoms in total. The van der Waals surface area contributed by atoms with E-state index in [1.54, 1.807) is 24.8 Å². The number of rotatable bonds is 1. The van der Waals surface area contributed by atoms with E-state index >= 15 is 0 Å². The van der Waals surface area contributed by atoms with Crippen LogP contribution in [0.1, 0.15) is 0 Å². The van der Waals surface area contributed by atoms with Crippen molar-refractivity contribution in [1.29, 1.82) is 0 Å². The largest absolute Gasteiger partial charge is 0.262 e. The fourth-order valence-corrected chi connectivity index (χ4v) is 0.253. The molecule has 0 bridgehead atoms. The number of hydrogen-bond donors (Lipinski definition) is 1. The van der Waals surface area contributed by atoms with E-state index in [0.29, 0.717) is 0 Å². The lowest BCUT2D eigenvalue weighted by atomic mass is 10.8. The zero-order chi connectivity index (χ0) is 8.53. The highest BCUT2D eigenvalue weighted by Crippen LogP contribution is 1.65. The average Bonchev–Trinajstić information content (AvgIpc) is 2.09. The maximum absolute atomic E-state index is 9.18. The summed E-state index contributed by atoms with van der Waals surface area (Å²) >= 11 is 0. The lowest BCUT2D eigenvalue weighted by molar-refractivity contribution is 0.616. The van der Waals surface area contributed by atoms with Gasteiger partial charge in [0, 0.05) is 31.5 Å². The Kier molecular flexibility index (Phi) is 6.01. The first-order valence-corrected chi connectivity index (χ1v) is 3.71. The zero-order valence-corrected chi connectivity index (χ0v) is 6.52. The van der Waals surface area contributed by atoms with Gasteiger partial charge in [-0.3, -0.25) is 9.97 Å². The average molecular weight is 173 g/mol. The van der Waals surface area contributed by atoms with E-state index in [-0.39, 0.29) is 0 Å². The molecule has 0 saturated carbocycles. The summed E-state index contributed by atoms with van der Waals surface area (Å²) in [6.07, 6.45) is 6.56. The van der Waals surface area contributed by atoms with Gasteiger partial charge in [-0.1, -0.05) is 0 Å².